The molecule has 0 aliphatic carbocycles. The lowest BCUT2D eigenvalue weighted by Crippen LogP contribution is -2.68. The fourth-order valence-corrected chi connectivity index (χ4v) is 3.19. The molecule has 0 saturated carbocycles. The monoisotopic (exact) mass is 254 g/mol. The molecular weight excluding hydrogens is 232 g/mol. The van der Waals surface area contributed by atoms with Crippen LogP contribution in [-0.4, -0.2) is 61.0 Å². The maximum atomic E-state index is 12.6. The van der Waals surface area contributed by atoms with Crippen molar-refractivity contribution in [1.82, 2.24) is 15.1 Å². The number of primary amides is 1. The summed E-state index contributed by atoms with van der Waals surface area (Å²) in [5.74, 6) is -0.890. The number of hydrogen-bond acceptors (Lipinski definition) is 4. The Morgan fingerprint density at radius 2 is 1.94 bits per heavy atom. The molecule has 3 N–H and O–H groups in total. The van der Waals surface area contributed by atoms with Crippen LogP contribution in [-0.2, 0) is 9.59 Å². The lowest BCUT2D eigenvalue weighted by atomic mass is 9.90. The average Bonchev–Trinajstić information content (AvgIpc) is 2.96. The SMILES string of the molecule is CN(C)C(=O)C1(N2CCCC2)NCCC1C(N)=O. The second-order valence-corrected chi connectivity index (χ2v) is 5.33. The quantitative estimate of drug-likeness (QED) is 0.674. The van der Waals surface area contributed by atoms with E-state index in [1.165, 1.54) is 0 Å². The minimum atomic E-state index is -0.911. The van der Waals surface area contributed by atoms with Crippen molar-refractivity contribution < 1.29 is 9.59 Å². The summed E-state index contributed by atoms with van der Waals surface area (Å²) in [6.07, 6.45) is 2.76. The summed E-state index contributed by atoms with van der Waals surface area (Å²) in [7, 11) is 3.44. The fourth-order valence-electron chi connectivity index (χ4n) is 3.19. The maximum Gasteiger partial charge on any atom is 0.258 e. The predicted octanol–water partition coefficient (Wildman–Crippen LogP) is -1.04. The molecule has 6 heteroatoms. The zero-order chi connectivity index (χ0) is 13.3. The molecule has 2 fully saturated rings. The van der Waals surface area contributed by atoms with Crippen molar-refractivity contribution in [2.24, 2.45) is 11.7 Å². The van der Waals surface area contributed by atoms with Crippen molar-refractivity contribution in [2.45, 2.75) is 24.9 Å². The third-order valence-corrected chi connectivity index (χ3v) is 4.01. The number of likely N-dealkylation sites (N-methyl/N-ethyl adjacent to an activating group) is 1. The van der Waals surface area contributed by atoms with Gasteiger partial charge in [-0.25, -0.2) is 0 Å². The molecule has 2 amide bonds. The summed E-state index contributed by atoms with van der Waals surface area (Å²) in [6, 6.07) is 0. The lowest BCUT2D eigenvalue weighted by molar-refractivity contribution is -0.150. The van der Waals surface area contributed by atoms with E-state index in [0.717, 1.165) is 25.9 Å². The molecule has 0 spiro atoms. The second kappa shape index (κ2) is 4.85. The second-order valence-electron chi connectivity index (χ2n) is 5.33. The van der Waals surface area contributed by atoms with Gasteiger partial charge >= 0.3 is 0 Å². The smallest absolute Gasteiger partial charge is 0.258 e. The summed E-state index contributed by atoms with van der Waals surface area (Å²) in [4.78, 5) is 27.9. The van der Waals surface area contributed by atoms with Crippen LogP contribution in [0, 0.1) is 5.92 Å². The standard InChI is InChI=1S/C12H22N4O2/c1-15(2)11(18)12(16-7-3-4-8-16)9(10(13)17)5-6-14-12/h9,14H,3-8H2,1-2H3,(H2,13,17). The molecule has 0 aromatic carbocycles. The molecular formula is C12H22N4O2. The van der Waals surface area contributed by atoms with Crippen LogP contribution < -0.4 is 11.1 Å². The van der Waals surface area contributed by atoms with Gasteiger partial charge in [0, 0.05) is 27.2 Å². The molecule has 18 heavy (non-hydrogen) atoms. The minimum absolute atomic E-state index is 0.0642. The Kier molecular flexibility index (Phi) is 3.59. The van der Waals surface area contributed by atoms with E-state index in [1.54, 1.807) is 19.0 Å². The van der Waals surface area contributed by atoms with Gasteiger partial charge in [0.05, 0.1) is 5.92 Å². The number of nitrogens with one attached hydrogen (secondary N) is 1. The molecule has 2 heterocycles. The molecule has 6 nitrogen and oxygen atoms in total. The van der Waals surface area contributed by atoms with E-state index in [2.05, 4.69) is 10.2 Å². The molecule has 0 aromatic heterocycles. The van der Waals surface area contributed by atoms with Gasteiger partial charge in [-0.3, -0.25) is 19.8 Å². The van der Waals surface area contributed by atoms with Crippen molar-refractivity contribution in [3.8, 4) is 0 Å². The van der Waals surface area contributed by atoms with Gasteiger partial charge < -0.3 is 10.6 Å². The fraction of sp³-hybridized carbons (Fsp3) is 0.833. The van der Waals surface area contributed by atoms with Crippen LogP contribution >= 0.6 is 0 Å². The van der Waals surface area contributed by atoms with E-state index >= 15 is 0 Å². The molecule has 2 saturated heterocycles. The molecule has 102 valence electrons. The molecule has 2 unspecified atom stereocenters. The highest BCUT2D eigenvalue weighted by atomic mass is 16.2. The van der Waals surface area contributed by atoms with Gasteiger partial charge in [0.15, 0.2) is 5.66 Å². The molecule has 0 bridgehead atoms. The van der Waals surface area contributed by atoms with Gasteiger partial charge in [0.1, 0.15) is 0 Å². The Hall–Kier alpha value is -1.14. The zero-order valence-corrected chi connectivity index (χ0v) is 11.1. The molecule has 2 rings (SSSR count). The van der Waals surface area contributed by atoms with Gasteiger partial charge in [-0.2, -0.15) is 0 Å². The maximum absolute atomic E-state index is 12.6. The van der Waals surface area contributed by atoms with Crippen LogP contribution in [0.25, 0.3) is 0 Å². The van der Waals surface area contributed by atoms with Crippen molar-refractivity contribution in [3.05, 3.63) is 0 Å². The van der Waals surface area contributed by atoms with Crippen molar-refractivity contribution in [2.75, 3.05) is 33.7 Å². The Morgan fingerprint density at radius 3 is 2.44 bits per heavy atom. The third kappa shape index (κ3) is 1.89. The van der Waals surface area contributed by atoms with Crippen LogP contribution in [0.1, 0.15) is 19.3 Å². The highest BCUT2D eigenvalue weighted by Crippen LogP contribution is 2.34. The zero-order valence-electron chi connectivity index (χ0n) is 11.1. The first-order valence-electron chi connectivity index (χ1n) is 6.51. The molecule has 2 atom stereocenters. The Balaban J connectivity index is 2.38. The Bertz CT molecular complexity index is 352. The third-order valence-electron chi connectivity index (χ3n) is 4.01. The van der Waals surface area contributed by atoms with Gasteiger partial charge in [0.25, 0.3) is 5.91 Å². The Labute approximate surface area is 107 Å². The average molecular weight is 254 g/mol. The van der Waals surface area contributed by atoms with Gasteiger partial charge in [0.2, 0.25) is 5.91 Å². The number of amides is 2. The first kappa shape index (κ1) is 13.3. The van der Waals surface area contributed by atoms with E-state index in [-0.39, 0.29) is 11.8 Å². The largest absolute Gasteiger partial charge is 0.369 e. The van der Waals surface area contributed by atoms with E-state index in [0.29, 0.717) is 13.0 Å². The van der Waals surface area contributed by atoms with Crippen LogP contribution in [0.15, 0.2) is 0 Å². The summed E-state index contributed by atoms with van der Waals surface area (Å²) in [5, 5.41) is 3.26. The van der Waals surface area contributed by atoms with E-state index < -0.39 is 11.6 Å². The summed E-state index contributed by atoms with van der Waals surface area (Å²) >= 11 is 0. The van der Waals surface area contributed by atoms with Crippen LogP contribution in [0.4, 0.5) is 0 Å². The number of carbonyl (C=O) groups excluding carboxylic acids is 2. The number of nitrogens with two attached hydrogens (primary N) is 1. The topological polar surface area (TPSA) is 78.7 Å². The highest BCUT2D eigenvalue weighted by molar-refractivity contribution is 5.93. The summed E-state index contributed by atoms with van der Waals surface area (Å²) in [5.41, 5.74) is 4.59. The molecule has 0 radical (unpaired) electrons. The molecule has 0 aromatic rings. The number of hydrogen-bond donors (Lipinski definition) is 2. The normalized spacial score (nSPS) is 32.7. The number of likely N-dealkylation sites (tertiary alicyclic amines) is 1. The first-order valence-corrected chi connectivity index (χ1v) is 6.51. The summed E-state index contributed by atoms with van der Waals surface area (Å²) in [6.45, 7) is 2.34. The van der Waals surface area contributed by atoms with Gasteiger partial charge in [-0.1, -0.05) is 0 Å². The van der Waals surface area contributed by atoms with E-state index in [4.69, 9.17) is 5.73 Å². The van der Waals surface area contributed by atoms with Crippen LogP contribution in [0.3, 0.4) is 0 Å². The van der Waals surface area contributed by atoms with Gasteiger partial charge in [-0.15, -0.1) is 0 Å². The number of rotatable bonds is 3. The van der Waals surface area contributed by atoms with Gasteiger partial charge in [-0.05, 0) is 25.8 Å². The van der Waals surface area contributed by atoms with Crippen molar-refractivity contribution in [1.29, 1.82) is 0 Å². The van der Waals surface area contributed by atoms with E-state index in [9.17, 15) is 9.59 Å². The molecule has 2 aliphatic heterocycles. The number of carbonyl (C=O) groups is 2. The van der Waals surface area contributed by atoms with Crippen molar-refractivity contribution >= 4 is 11.8 Å². The van der Waals surface area contributed by atoms with Crippen molar-refractivity contribution in [3.63, 3.8) is 0 Å². The highest BCUT2D eigenvalue weighted by Gasteiger charge is 2.56. The van der Waals surface area contributed by atoms with Crippen LogP contribution in [0.5, 0.6) is 0 Å². The Morgan fingerprint density at radius 1 is 1.33 bits per heavy atom. The lowest BCUT2D eigenvalue weighted by Gasteiger charge is -2.42. The van der Waals surface area contributed by atoms with Crippen LogP contribution in [0.2, 0.25) is 0 Å². The predicted molar refractivity (Wildman–Crippen MR) is 67.5 cm³/mol. The number of nitrogens with zero attached hydrogens (tertiary/aromatic N) is 2. The summed E-state index contributed by atoms with van der Waals surface area (Å²) < 4.78 is 0. The first-order chi connectivity index (χ1) is 8.50. The molecule has 2 aliphatic rings. The van der Waals surface area contributed by atoms with E-state index in [1.807, 2.05) is 0 Å². The minimum Gasteiger partial charge on any atom is -0.369 e.